The lowest BCUT2D eigenvalue weighted by Crippen LogP contribution is -2.20. The van der Waals surface area contributed by atoms with Crippen LogP contribution in [0.15, 0.2) is 15.9 Å². The fourth-order valence-corrected chi connectivity index (χ4v) is 2.29. The molecule has 16 heavy (non-hydrogen) atoms. The van der Waals surface area contributed by atoms with Gasteiger partial charge in [-0.25, -0.2) is 4.98 Å². The number of hydrogen-bond donors (Lipinski definition) is 0. The monoisotopic (exact) mass is 243 g/mol. The molecule has 1 aromatic heterocycles. The molecule has 1 atom stereocenters. The lowest BCUT2D eigenvalue weighted by atomic mass is 10.2. The number of ether oxygens (including phenoxy) is 1. The van der Waals surface area contributed by atoms with Gasteiger partial charge in [-0.2, -0.15) is 0 Å². The van der Waals surface area contributed by atoms with E-state index in [4.69, 9.17) is 9.15 Å². The molecular weight excluding hydrogens is 226 g/mol. The first-order valence-electron chi connectivity index (χ1n) is 5.42. The van der Waals surface area contributed by atoms with Gasteiger partial charge >= 0.3 is 5.97 Å². The molecule has 0 N–H and O–H groups in total. The van der Waals surface area contributed by atoms with Crippen LogP contribution in [0.1, 0.15) is 32.4 Å². The van der Waals surface area contributed by atoms with E-state index in [0.717, 1.165) is 18.5 Å². The number of nitrogens with zero attached hydrogens (tertiary/aromatic N) is 1. The third kappa shape index (κ3) is 3.89. The molecule has 0 aliphatic carbocycles. The minimum atomic E-state index is -0.219. The summed E-state index contributed by atoms with van der Waals surface area (Å²) in [5.74, 6) is -0.190. The number of carbonyl (C=O) groups excluding carboxylic acids is 1. The van der Waals surface area contributed by atoms with E-state index in [1.165, 1.54) is 11.8 Å². The van der Waals surface area contributed by atoms with E-state index in [-0.39, 0.29) is 11.2 Å². The average Bonchev–Trinajstić information content (AvgIpc) is 2.64. The van der Waals surface area contributed by atoms with E-state index in [1.54, 1.807) is 13.2 Å². The molecule has 1 rings (SSSR count). The minimum Gasteiger partial charge on any atom is -0.465 e. The van der Waals surface area contributed by atoms with Crippen molar-refractivity contribution in [3.8, 4) is 0 Å². The number of rotatable bonds is 6. The molecule has 0 bridgehead atoms. The number of aryl methyl sites for hydroxylation is 1. The van der Waals surface area contributed by atoms with E-state index in [1.807, 2.05) is 13.8 Å². The largest absolute Gasteiger partial charge is 0.465 e. The first-order chi connectivity index (χ1) is 7.67. The summed E-state index contributed by atoms with van der Waals surface area (Å²) in [6, 6.07) is 0. The van der Waals surface area contributed by atoms with E-state index >= 15 is 0 Å². The van der Waals surface area contributed by atoms with Crippen LogP contribution in [0, 0.1) is 6.92 Å². The highest BCUT2D eigenvalue weighted by Crippen LogP contribution is 2.26. The maximum atomic E-state index is 11.6. The second kappa shape index (κ2) is 6.58. The maximum Gasteiger partial charge on any atom is 0.319 e. The summed E-state index contributed by atoms with van der Waals surface area (Å²) in [5.41, 5.74) is 0.821. The zero-order valence-corrected chi connectivity index (χ0v) is 10.7. The summed E-state index contributed by atoms with van der Waals surface area (Å²) in [6.45, 7) is 6.10. The normalized spacial score (nSPS) is 12.4. The molecule has 4 nitrogen and oxygen atoms in total. The predicted molar refractivity (Wildman–Crippen MR) is 62.4 cm³/mol. The Morgan fingerprint density at radius 2 is 2.38 bits per heavy atom. The van der Waals surface area contributed by atoms with Gasteiger partial charge in [0.1, 0.15) is 11.5 Å². The zero-order valence-electron chi connectivity index (χ0n) is 9.86. The molecule has 0 aliphatic rings. The van der Waals surface area contributed by atoms with Crippen LogP contribution in [0.5, 0.6) is 0 Å². The van der Waals surface area contributed by atoms with Crippen LogP contribution in [-0.4, -0.2) is 22.8 Å². The molecule has 1 heterocycles. The first-order valence-corrected chi connectivity index (χ1v) is 6.30. The summed E-state index contributed by atoms with van der Waals surface area (Å²) in [6.07, 6.45) is 3.28. The molecule has 90 valence electrons. The Morgan fingerprint density at radius 1 is 1.62 bits per heavy atom. The van der Waals surface area contributed by atoms with Crippen molar-refractivity contribution in [2.24, 2.45) is 0 Å². The Bertz CT molecular complexity index is 338. The van der Waals surface area contributed by atoms with Crippen LogP contribution < -0.4 is 0 Å². The van der Waals surface area contributed by atoms with E-state index in [0.29, 0.717) is 11.8 Å². The van der Waals surface area contributed by atoms with Crippen LogP contribution in [0.25, 0.3) is 0 Å². The highest BCUT2D eigenvalue weighted by molar-refractivity contribution is 8.00. The van der Waals surface area contributed by atoms with Gasteiger partial charge in [0.05, 0.1) is 12.3 Å². The average molecular weight is 243 g/mol. The Kier molecular flexibility index (Phi) is 5.38. The van der Waals surface area contributed by atoms with Gasteiger partial charge in [0.15, 0.2) is 0 Å². The quantitative estimate of drug-likeness (QED) is 0.568. The number of hydrogen-bond acceptors (Lipinski definition) is 5. The van der Waals surface area contributed by atoms with Crippen LogP contribution in [-0.2, 0) is 9.53 Å². The first kappa shape index (κ1) is 13.1. The molecule has 0 spiro atoms. The SMILES string of the molecule is CCCC(Sc1nc(C)co1)C(=O)OCC. The molecule has 0 saturated heterocycles. The van der Waals surface area contributed by atoms with E-state index < -0.39 is 0 Å². The lowest BCUT2D eigenvalue weighted by Gasteiger charge is -2.11. The van der Waals surface area contributed by atoms with Crippen molar-refractivity contribution in [3.05, 3.63) is 12.0 Å². The Balaban J connectivity index is 2.60. The van der Waals surface area contributed by atoms with Crippen LogP contribution in [0.2, 0.25) is 0 Å². The van der Waals surface area contributed by atoms with Crippen LogP contribution in [0.4, 0.5) is 0 Å². The number of thioether (sulfide) groups is 1. The van der Waals surface area contributed by atoms with Gasteiger partial charge in [-0.15, -0.1) is 0 Å². The van der Waals surface area contributed by atoms with Crippen molar-refractivity contribution < 1.29 is 13.9 Å². The number of oxazole rings is 1. The van der Waals surface area contributed by atoms with E-state index in [2.05, 4.69) is 4.98 Å². The van der Waals surface area contributed by atoms with Gasteiger partial charge in [0.25, 0.3) is 5.22 Å². The Hall–Kier alpha value is -0.970. The molecule has 0 aliphatic heterocycles. The standard InChI is InChI=1S/C11H17NO3S/c1-4-6-9(10(13)14-5-2)16-11-12-8(3)7-15-11/h7,9H,4-6H2,1-3H3. The van der Waals surface area contributed by atoms with Crippen molar-refractivity contribution in [1.82, 2.24) is 4.98 Å². The van der Waals surface area contributed by atoms with Crippen molar-refractivity contribution in [1.29, 1.82) is 0 Å². The van der Waals surface area contributed by atoms with Crippen molar-refractivity contribution in [3.63, 3.8) is 0 Å². The molecule has 1 aromatic rings. The summed E-state index contributed by atoms with van der Waals surface area (Å²) in [7, 11) is 0. The van der Waals surface area contributed by atoms with Crippen LogP contribution in [0.3, 0.4) is 0 Å². The fraction of sp³-hybridized carbons (Fsp3) is 0.636. The molecule has 1 unspecified atom stereocenters. The molecule has 0 fully saturated rings. The molecule has 5 heteroatoms. The summed E-state index contributed by atoms with van der Waals surface area (Å²) < 4.78 is 10.2. The second-order valence-electron chi connectivity index (χ2n) is 3.40. The van der Waals surface area contributed by atoms with Gasteiger partial charge in [-0.05, 0) is 20.3 Å². The Labute approximate surface area is 99.8 Å². The molecule has 0 radical (unpaired) electrons. The topological polar surface area (TPSA) is 52.3 Å². The van der Waals surface area contributed by atoms with Crippen molar-refractivity contribution >= 4 is 17.7 Å². The molecule has 0 aromatic carbocycles. The maximum absolute atomic E-state index is 11.6. The third-order valence-corrected chi connectivity index (χ3v) is 3.04. The van der Waals surface area contributed by atoms with Gasteiger partial charge < -0.3 is 9.15 Å². The number of aromatic nitrogens is 1. The van der Waals surface area contributed by atoms with Crippen LogP contribution >= 0.6 is 11.8 Å². The molecule has 0 amide bonds. The summed E-state index contributed by atoms with van der Waals surface area (Å²) in [5, 5.41) is 0.312. The second-order valence-corrected chi connectivity index (χ2v) is 4.56. The third-order valence-electron chi connectivity index (χ3n) is 1.94. The zero-order chi connectivity index (χ0) is 12.0. The predicted octanol–water partition coefficient (Wildman–Crippen LogP) is 2.81. The fourth-order valence-electron chi connectivity index (χ4n) is 1.23. The number of carbonyl (C=O) groups is 1. The van der Waals surface area contributed by atoms with Gasteiger partial charge in [-0.1, -0.05) is 25.1 Å². The van der Waals surface area contributed by atoms with Crippen molar-refractivity contribution in [2.45, 2.75) is 44.1 Å². The molecular formula is C11H17NO3S. The Morgan fingerprint density at radius 3 is 2.88 bits per heavy atom. The van der Waals surface area contributed by atoms with Gasteiger partial charge in [-0.3, -0.25) is 4.79 Å². The highest BCUT2D eigenvalue weighted by Gasteiger charge is 2.22. The molecule has 0 saturated carbocycles. The summed E-state index contributed by atoms with van der Waals surface area (Å²) in [4.78, 5) is 15.8. The number of esters is 1. The summed E-state index contributed by atoms with van der Waals surface area (Å²) >= 11 is 1.33. The van der Waals surface area contributed by atoms with E-state index in [9.17, 15) is 4.79 Å². The van der Waals surface area contributed by atoms with Gasteiger partial charge in [0, 0.05) is 0 Å². The smallest absolute Gasteiger partial charge is 0.319 e. The van der Waals surface area contributed by atoms with Crippen molar-refractivity contribution in [2.75, 3.05) is 6.61 Å². The van der Waals surface area contributed by atoms with Gasteiger partial charge in [0.2, 0.25) is 0 Å². The lowest BCUT2D eigenvalue weighted by molar-refractivity contribution is -0.142. The minimum absolute atomic E-state index is 0.190. The highest BCUT2D eigenvalue weighted by atomic mass is 32.2.